The van der Waals surface area contributed by atoms with Crippen molar-refractivity contribution in [2.75, 3.05) is 19.6 Å². The summed E-state index contributed by atoms with van der Waals surface area (Å²) in [5.74, 6) is 0. The van der Waals surface area contributed by atoms with Gasteiger partial charge in [0, 0.05) is 31.5 Å². The van der Waals surface area contributed by atoms with Crippen molar-refractivity contribution in [3.63, 3.8) is 0 Å². The van der Waals surface area contributed by atoms with Crippen molar-refractivity contribution in [3.05, 3.63) is 64.8 Å². The molecule has 0 aliphatic carbocycles. The molecule has 1 aromatic carbocycles. The molecule has 1 saturated heterocycles. The fourth-order valence-electron chi connectivity index (χ4n) is 3.89. The number of aromatic amines is 1. The molecule has 5 nitrogen and oxygen atoms in total. The number of aryl methyl sites for hydroxylation is 1. The number of imidazole rings is 1. The normalized spacial score (nSPS) is 16.5. The third-order valence-electron chi connectivity index (χ3n) is 5.24. The van der Waals surface area contributed by atoms with Gasteiger partial charge in [0.1, 0.15) is 0 Å². The number of nitrogens with one attached hydrogen (secondary N) is 1. The lowest BCUT2D eigenvalue weighted by Gasteiger charge is -2.32. The van der Waals surface area contributed by atoms with Crippen molar-refractivity contribution in [1.82, 2.24) is 19.4 Å². The summed E-state index contributed by atoms with van der Waals surface area (Å²) in [6, 6.07) is 12.5. The fraction of sp³-hybridized carbons (Fsp3) is 0.400. The van der Waals surface area contributed by atoms with E-state index in [0.717, 1.165) is 49.9 Å². The average molecular weight is 336 g/mol. The highest BCUT2D eigenvalue weighted by Gasteiger charge is 2.23. The molecule has 25 heavy (non-hydrogen) atoms. The van der Waals surface area contributed by atoms with Crippen molar-refractivity contribution >= 4 is 11.0 Å². The molecule has 0 saturated carbocycles. The zero-order valence-corrected chi connectivity index (χ0v) is 14.4. The van der Waals surface area contributed by atoms with Gasteiger partial charge in [0.15, 0.2) is 0 Å². The first-order valence-corrected chi connectivity index (χ1v) is 9.12. The Kier molecular flexibility index (Phi) is 4.65. The Labute approximate surface area is 147 Å². The minimum absolute atomic E-state index is 0.0253. The summed E-state index contributed by atoms with van der Waals surface area (Å²) in [5, 5.41) is 0. The van der Waals surface area contributed by atoms with Crippen molar-refractivity contribution < 1.29 is 0 Å². The van der Waals surface area contributed by atoms with Gasteiger partial charge in [0.2, 0.25) is 0 Å². The molecule has 0 bridgehead atoms. The zero-order valence-electron chi connectivity index (χ0n) is 14.4. The van der Waals surface area contributed by atoms with E-state index in [1.54, 1.807) is 0 Å². The first-order valence-electron chi connectivity index (χ1n) is 9.12. The number of rotatable bonds is 5. The third kappa shape index (κ3) is 3.51. The number of hydrogen-bond donors (Lipinski definition) is 1. The molecule has 0 atom stereocenters. The van der Waals surface area contributed by atoms with Gasteiger partial charge in [-0.3, -0.25) is 9.55 Å². The maximum atomic E-state index is 12.3. The molecule has 0 amide bonds. The molecule has 1 N–H and O–H groups in total. The average Bonchev–Trinajstić information content (AvgIpc) is 2.99. The van der Waals surface area contributed by atoms with Crippen LogP contribution in [-0.4, -0.2) is 39.1 Å². The standard InChI is InChI=1S/C20H24N4O/c25-20-22-18-5-1-2-6-19(18)24(20)17-9-14-23(15-10-17)13-3-4-16-7-11-21-12-8-16/h1-2,5-8,11-12,17H,3-4,9-10,13-15H2,(H,22,25). The summed E-state index contributed by atoms with van der Waals surface area (Å²) in [4.78, 5) is 21.9. The maximum absolute atomic E-state index is 12.3. The molecule has 0 spiro atoms. The summed E-state index contributed by atoms with van der Waals surface area (Å²) >= 11 is 0. The van der Waals surface area contributed by atoms with E-state index in [-0.39, 0.29) is 5.69 Å². The van der Waals surface area contributed by atoms with Crippen LogP contribution in [0.1, 0.15) is 30.9 Å². The number of pyridine rings is 1. The first kappa shape index (κ1) is 16.1. The zero-order chi connectivity index (χ0) is 17.1. The van der Waals surface area contributed by atoms with E-state index in [2.05, 4.69) is 27.0 Å². The number of fused-ring (bicyclic) bond motifs is 1. The molecule has 2 aromatic heterocycles. The van der Waals surface area contributed by atoms with E-state index in [1.807, 2.05) is 41.2 Å². The number of H-pyrrole nitrogens is 1. The van der Waals surface area contributed by atoms with Gasteiger partial charge in [-0.05, 0) is 62.1 Å². The monoisotopic (exact) mass is 336 g/mol. The Bertz CT molecular complexity index is 875. The van der Waals surface area contributed by atoms with E-state index in [9.17, 15) is 4.79 Å². The molecular formula is C20H24N4O. The largest absolute Gasteiger partial charge is 0.326 e. The Morgan fingerprint density at radius 3 is 2.64 bits per heavy atom. The second-order valence-electron chi connectivity index (χ2n) is 6.85. The van der Waals surface area contributed by atoms with E-state index >= 15 is 0 Å². The predicted molar refractivity (Wildman–Crippen MR) is 99.8 cm³/mol. The molecule has 5 heteroatoms. The van der Waals surface area contributed by atoms with E-state index in [0.29, 0.717) is 6.04 Å². The third-order valence-corrected chi connectivity index (χ3v) is 5.24. The van der Waals surface area contributed by atoms with Gasteiger partial charge in [-0.1, -0.05) is 12.1 Å². The first-order chi connectivity index (χ1) is 12.3. The highest BCUT2D eigenvalue weighted by molar-refractivity contribution is 5.75. The Morgan fingerprint density at radius 1 is 1.08 bits per heavy atom. The summed E-state index contributed by atoms with van der Waals surface area (Å²) in [5.41, 5.74) is 3.35. The molecule has 130 valence electrons. The summed E-state index contributed by atoms with van der Waals surface area (Å²) in [6.07, 6.45) is 8.07. The highest BCUT2D eigenvalue weighted by Crippen LogP contribution is 2.24. The summed E-state index contributed by atoms with van der Waals surface area (Å²) in [6.45, 7) is 3.25. The molecule has 1 aliphatic rings. The van der Waals surface area contributed by atoms with Gasteiger partial charge in [-0.15, -0.1) is 0 Å². The van der Waals surface area contributed by atoms with Gasteiger partial charge in [-0.2, -0.15) is 0 Å². The molecule has 1 aliphatic heterocycles. The van der Waals surface area contributed by atoms with Gasteiger partial charge in [-0.25, -0.2) is 4.79 Å². The van der Waals surface area contributed by atoms with Crippen molar-refractivity contribution in [2.45, 2.75) is 31.7 Å². The number of nitrogens with zero attached hydrogens (tertiary/aromatic N) is 3. The van der Waals surface area contributed by atoms with Gasteiger partial charge in [0.25, 0.3) is 0 Å². The van der Waals surface area contributed by atoms with Gasteiger partial charge in [0.05, 0.1) is 11.0 Å². The smallest absolute Gasteiger partial charge is 0.306 e. The summed E-state index contributed by atoms with van der Waals surface area (Å²) in [7, 11) is 0. The van der Waals surface area contributed by atoms with Crippen LogP contribution in [0.3, 0.4) is 0 Å². The molecule has 3 heterocycles. The van der Waals surface area contributed by atoms with Crippen LogP contribution >= 0.6 is 0 Å². The van der Waals surface area contributed by atoms with Crippen LogP contribution in [0.25, 0.3) is 11.0 Å². The van der Waals surface area contributed by atoms with E-state index < -0.39 is 0 Å². The molecule has 1 fully saturated rings. The Morgan fingerprint density at radius 2 is 1.84 bits per heavy atom. The van der Waals surface area contributed by atoms with Crippen molar-refractivity contribution in [1.29, 1.82) is 0 Å². The van der Waals surface area contributed by atoms with Gasteiger partial charge < -0.3 is 9.88 Å². The molecule has 0 radical (unpaired) electrons. The van der Waals surface area contributed by atoms with Crippen LogP contribution in [0.15, 0.2) is 53.6 Å². The van der Waals surface area contributed by atoms with Crippen molar-refractivity contribution in [2.24, 2.45) is 0 Å². The van der Waals surface area contributed by atoms with Gasteiger partial charge >= 0.3 is 5.69 Å². The van der Waals surface area contributed by atoms with E-state index in [4.69, 9.17) is 0 Å². The van der Waals surface area contributed by atoms with Crippen LogP contribution in [0.5, 0.6) is 0 Å². The molecule has 4 rings (SSSR count). The van der Waals surface area contributed by atoms with Crippen LogP contribution in [-0.2, 0) is 6.42 Å². The second-order valence-corrected chi connectivity index (χ2v) is 6.85. The Hall–Kier alpha value is -2.40. The van der Waals surface area contributed by atoms with Crippen LogP contribution in [0, 0.1) is 0 Å². The van der Waals surface area contributed by atoms with E-state index in [1.165, 1.54) is 12.0 Å². The number of para-hydroxylation sites is 2. The predicted octanol–water partition coefficient (Wildman–Crippen LogP) is 2.99. The number of aromatic nitrogens is 3. The highest BCUT2D eigenvalue weighted by atomic mass is 16.1. The molecule has 0 unspecified atom stereocenters. The lowest BCUT2D eigenvalue weighted by Crippen LogP contribution is -2.37. The number of likely N-dealkylation sites (tertiary alicyclic amines) is 1. The Balaban J connectivity index is 1.34. The lowest BCUT2D eigenvalue weighted by atomic mass is 10.0. The summed E-state index contributed by atoms with van der Waals surface area (Å²) < 4.78 is 1.96. The fourth-order valence-corrected chi connectivity index (χ4v) is 3.89. The topological polar surface area (TPSA) is 53.9 Å². The maximum Gasteiger partial charge on any atom is 0.326 e. The SMILES string of the molecule is O=c1[nH]c2ccccc2n1C1CCN(CCCc2ccncc2)CC1. The molecule has 3 aromatic rings. The quantitative estimate of drug-likeness (QED) is 0.779. The van der Waals surface area contributed by atoms with Crippen LogP contribution in [0.4, 0.5) is 0 Å². The number of hydrogen-bond acceptors (Lipinski definition) is 3. The number of piperidine rings is 1. The number of benzene rings is 1. The van der Waals surface area contributed by atoms with Crippen LogP contribution in [0.2, 0.25) is 0 Å². The van der Waals surface area contributed by atoms with Crippen LogP contribution < -0.4 is 5.69 Å². The van der Waals surface area contributed by atoms with Crippen molar-refractivity contribution in [3.8, 4) is 0 Å². The molecular weight excluding hydrogens is 312 g/mol. The minimum atomic E-state index is 0.0253. The lowest BCUT2D eigenvalue weighted by molar-refractivity contribution is 0.185. The minimum Gasteiger partial charge on any atom is -0.306 e. The second kappa shape index (κ2) is 7.23.